The van der Waals surface area contributed by atoms with E-state index in [1.165, 1.54) is 0 Å². The molecule has 2 rings (SSSR count). The summed E-state index contributed by atoms with van der Waals surface area (Å²) >= 11 is 0. The van der Waals surface area contributed by atoms with Gasteiger partial charge in [-0.05, 0) is 18.2 Å². The van der Waals surface area contributed by atoms with Gasteiger partial charge in [0.1, 0.15) is 0 Å². The van der Waals surface area contributed by atoms with Crippen LogP contribution in [-0.2, 0) is 13.5 Å². The van der Waals surface area contributed by atoms with Crippen LogP contribution in [0.3, 0.4) is 0 Å². The summed E-state index contributed by atoms with van der Waals surface area (Å²) < 4.78 is 1.82. The molecule has 0 atom stereocenters. The number of amides is 1. The number of benzene rings is 1. The molecule has 0 bridgehead atoms. The van der Waals surface area contributed by atoms with Gasteiger partial charge in [-0.2, -0.15) is 5.10 Å². The van der Waals surface area contributed by atoms with Crippen molar-refractivity contribution in [1.29, 1.82) is 0 Å². The molecule has 0 unspecified atom stereocenters. The smallest absolute Gasteiger partial charge is 0.250 e. The van der Waals surface area contributed by atoms with Gasteiger partial charge in [-0.3, -0.25) is 9.48 Å². The van der Waals surface area contributed by atoms with Crippen molar-refractivity contribution in [2.75, 3.05) is 17.6 Å². The Bertz CT molecular complexity index is 590. The first-order chi connectivity index (χ1) is 9.09. The topological polar surface area (TPSA) is 99.0 Å². The lowest BCUT2D eigenvalue weighted by Crippen LogP contribution is -2.15. The van der Waals surface area contributed by atoms with Crippen LogP contribution in [0.4, 0.5) is 11.4 Å². The van der Waals surface area contributed by atoms with Gasteiger partial charge < -0.3 is 16.8 Å². The minimum atomic E-state index is -0.521. The Labute approximate surface area is 111 Å². The maximum Gasteiger partial charge on any atom is 0.250 e. The van der Waals surface area contributed by atoms with E-state index in [4.69, 9.17) is 11.5 Å². The summed E-state index contributed by atoms with van der Waals surface area (Å²) in [5.74, 6) is -0.521. The Balaban J connectivity index is 2.02. The van der Waals surface area contributed by atoms with Gasteiger partial charge in [0, 0.05) is 31.9 Å². The summed E-state index contributed by atoms with van der Waals surface area (Å²) in [5, 5.41) is 7.30. The normalized spacial score (nSPS) is 10.4. The molecule has 0 aliphatic carbocycles. The highest BCUT2D eigenvalue weighted by Crippen LogP contribution is 2.22. The predicted molar refractivity (Wildman–Crippen MR) is 74.8 cm³/mol. The summed E-state index contributed by atoms with van der Waals surface area (Å²) in [6.45, 7) is 0.700. The van der Waals surface area contributed by atoms with Crippen molar-refractivity contribution < 1.29 is 4.79 Å². The van der Waals surface area contributed by atoms with Crippen molar-refractivity contribution in [2.45, 2.75) is 6.42 Å². The molecule has 0 spiro atoms. The van der Waals surface area contributed by atoms with Crippen LogP contribution in [0.15, 0.2) is 30.5 Å². The number of rotatable bonds is 5. The van der Waals surface area contributed by atoms with Gasteiger partial charge in [0.15, 0.2) is 0 Å². The molecule has 1 heterocycles. The van der Waals surface area contributed by atoms with Gasteiger partial charge in [-0.15, -0.1) is 0 Å². The number of hydrogen-bond acceptors (Lipinski definition) is 4. The van der Waals surface area contributed by atoms with Crippen LogP contribution in [-0.4, -0.2) is 22.2 Å². The van der Waals surface area contributed by atoms with E-state index in [-0.39, 0.29) is 0 Å². The first kappa shape index (κ1) is 12.9. The monoisotopic (exact) mass is 259 g/mol. The number of nitrogens with one attached hydrogen (secondary N) is 1. The third-order valence-corrected chi connectivity index (χ3v) is 2.99. The lowest BCUT2D eigenvalue weighted by Gasteiger charge is -2.11. The van der Waals surface area contributed by atoms with Crippen LogP contribution in [0, 0.1) is 0 Å². The van der Waals surface area contributed by atoms with Crippen LogP contribution in [0.1, 0.15) is 16.1 Å². The van der Waals surface area contributed by atoms with Crippen LogP contribution in [0.5, 0.6) is 0 Å². The molecule has 0 fully saturated rings. The summed E-state index contributed by atoms with van der Waals surface area (Å²) in [7, 11) is 1.90. The van der Waals surface area contributed by atoms with E-state index in [0.717, 1.165) is 17.8 Å². The fourth-order valence-electron chi connectivity index (χ4n) is 1.91. The fraction of sp³-hybridized carbons (Fsp3) is 0.231. The molecule has 1 aromatic carbocycles. The number of aromatic nitrogens is 2. The van der Waals surface area contributed by atoms with Gasteiger partial charge in [-0.1, -0.05) is 6.07 Å². The molecule has 2 aromatic rings. The largest absolute Gasteiger partial charge is 0.396 e. The van der Waals surface area contributed by atoms with Gasteiger partial charge in [0.05, 0.1) is 16.9 Å². The number of primary amides is 1. The lowest BCUT2D eigenvalue weighted by atomic mass is 10.1. The van der Waals surface area contributed by atoms with Crippen LogP contribution in [0.25, 0.3) is 0 Å². The number of nitrogen functional groups attached to an aromatic ring is 1. The number of carbonyl (C=O) groups excluding carboxylic acids is 1. The number of anilines is 2. The Hall–Kier alpha value is -2.50. The van der Waals surface area contributed by atoms with Crippen molar-refractivity contribution in [1.82, 2.24) is 9.78 Å². The number of nitrogens with zero attached hydrogens (tertiary/aromatic N) is 2. The minimum Gasteiger partial charge on any atom is -0.396 e. The number of nitrogens with two attached hydrogens (primary N) is 2. The zero-order chi connectivity index (χ0) is 13.8. The molecule has 6 nitrogen and oxygen atoms in total. The van der Waals surface area contributed by atoms with Crippen LogP contribution in [0.2, 0.25) is 0 Å². The number of para-hydroxylation sites is 1. The SMILES string of the molecule is Cn1nccc1CCNc1cccc(C(N)=O)c1N. The van der Waals surface area contributed by atoms with E-state index >= 15 is 0 Å². The van der Waals surface area contributed by atoms with Crippen molar-refractivity contribution in [3.05, 3.63) is 41.7 Å². The first-order valence-electron chi connectivity index (χ1n) is 5.98. The third-order valence-electron chi connectivity index (χ3n) is 2.99. The molecule has 5 N–H and O–H groups in total. The van der Waals surface area contributed by atoms with Crippen molar-refractivity contribution in [3.8, 4) is 0 Å². The van der Waals surface area contributed by atoms with Gasteiger partial charge >= 0.3 is 0 Å². The predicted octanol–water partition coefficient (Wildman–Crippen LogP) is 0.756. The molecule has 1 amide bonds. The summed E-state index contributed by atoms with van der Waals surface area (Å²) in [4.78, 5) is 11.2. The average Bonchev–Trinajstić information content (AvgIpc) is 2.77. The molecule has 6 heteroatoms. The van der Waals surface area contributed by atoms with E-state index in [2.05, 4.69) is 10.4 Å². The second kappa shape index (κ2) is 5.43. The number of hydrogen-bond donors (Lipinski definition) is 3. The molecule has 100 valence electrons. The number of carbonyl (C=O) groups is 1. The molecule has 0 saturated heterocycles. The Kier molecular flexibility index (Phi) is 3.70. The van der Waals surface area contributed by atoms with Crippen LogP contribution >= 0.6 is 0 Å². The van der Waals surface area contributed by atoms with E-state index in [9.17, 15) is 4.79 Å². The standard InChI is InChI=1S/C13H17N5O/c1-18-9(6-8-17-18)5-7-16-11-4-2-3-10(12(11)14)13(15)19/h2-4,6,8,16H,5,7,14H2,1H3,(H2,15,19). The maximum absolute atomic E-state index is 11.2. The van der Waals surface area contributed by atoms with Crippen molar-refractivity contribution in [2.24, 2.45) is 12.8 Å². The first-order valence-corrected chi connectivity index (χ1v) is 5.98. The molecule has 0 saturated carbocycles. The lowest BCUT2D eigenvalue weighted by molar-refractivity contribution is 0.100. The number of aryl methyl sites for hydroxylation is 1. The zero-order valence-corrected chi connectivity index (χ0v) is 10.8. The molecular weight excluding hydrogens is 242 g/mol. The van der Waals surface area contributed by atoms with E-state index in [0.29, 0.717) is 17.8 Å². The molecule has 0 aliphatic rings. The van der Waals surface area contributed by atoms with E-state index in [1.807, 2.05) is 23.9 Å². The minimum absolute atomic E-state index is 0.338. The second-order valence-corrected chi connectivity index (χ2v) is 4.25. The average molecular weight is 259 g/mol. The maximum atomic E-state index is 11.2. The Morgan fingerprint density at radius 1 is 1.42 bits per heavy atom. The van der Waals surface area contributed by atoms with Gasteiger partial charge in [0.25, 0.3) is 5.91 Å². The quantitative estimate of drug-likeness (QED) is 0.690. The van der Waals surface area contributed by atoms with Crippen LogP contribution < -0.4 is 16.8 Å². The molecule has 0 aliphatic heterocycles. The highest BCUT2D eigenvalue weighted by atomic mass is 16.1. The second-order valence-electron chi connectivity index (χ2n) is 4.25. The Morgan fingerprint density at radius 2 is 2.21 bits per heavy atom. The summed E-state index contributed by atoms with van der Waals surface area (Å²) in [6.07, 6.45) is 2.58. The third kappa shape index (κ3) is 2.85. The van der Waals surface area contributed by atoms with Gasteiger partial charge in [0.2, 0.25) is 0 Å². The van der Waals surface area contributed by atoms with E-state index < -0.39 is 5.91 Å². The molecule has 0 radical (unpaired) electrons. The highest BCUT2D eigenvalue weighted by molar-refractivity contribution is 6.00. The fourth-order valence-corrected chi connectivity index (χ4v) is 1.91. The van der Waals surface area contributed by atoms with Crippen molar-refractivity contribution >= 4 is 17.3 Å². The molecule has 1 aromatic heterocycles. The van der Waals surface area contributed by atoms with Gasteiger partial charge in [-0.25, -0.2) is 0 Å². The zero-order valence-electron chi connectivity index (χ0n) is 10.8. The molecular formula is C13H17N5O. The highest BCUT2D eigenvalue weighted by Gasteiger charge is 2.09. The van der Waals surface area contributed by atoms with Crippen molar-refractivity contribution in [3.63, 3.8) is 0 Å². The van der Waals surface area contributed by atoms with E-state index in [1.54, 1.807) is 18.3 Å². The summed E-state index contributed by atoms with van der Waals surface area (Å²) in [6, 6.07) is 7.16. The molecule has 19 heavy (non-hydrogen) atoms. The Morgan fingerprint density at radius 3 is 2.84 bits per heavy atom. The summed E-state index contributed by atoms with van der Waals surface area (Å²) in [5.41, 5.74) is 13.7.